The van der Waals surface area contributed by atoms with Crippen LogP contribution in [0.15, 0.2) is 36.4 Å². The Labute approximate surface area is 149 Å². The van der Waals surface area contributed by atoms with Crippen LogP contribution in [-0.4, -0.2) is 29.3 Å². The van der Waals surface area contributed by atoms with Crippen molar-refractivity contribution >= 4 is 11.8 Å². The third-order valence-electron chi connectivity index (χ3n) is 4.50. The molecule has 26 heavy (non-hydrogen) atoms. The van der Waals surface area contributed by atoms with Gasteiger partial charge in [-0.1, -0.05) is 12.1 Å². The Morgan fingerprint density at radius 2 is 2.08 bits per heavy atom. The van der Waals surface area contributed by atoms with E-state index in [2.05, 4.69) is 0 Å². The van der Waals surface area contributed by atoms with Crippen LogP contribution in [0.5, 0.6) is 5.75 Å². The monoisotopic (exact) mass is 360 g/mol. The molecule has 0 unspecified atom stereocenters. The molecule has 1 atom stereocenters. The number of carbonyl (C=O) groups excluding carboxylic acids is 2. The second-order valence-electron chi connectivity index (χ2n) is 6.15. The molecule has 2 aromatic rings. The number of carbonyl (C=O) groups is 2. The highest BCUT2D eigenvalue weighted by Crippen LogP contribution is 2.26. The van der Waals surface area contributed by atoms with Crippen molar-refractivity contribution in [3.8, 4) is 5.75 Å². The quantitative estimate of drug-likeness (QED) is 0.890. The normalized spacial score (nSPS) is 14.7. The summed E-state index contributed by atoms with van der Waals surface area (Å²) in [6, 6.07) is 8.13. The van der Waals surface area contributed by atoms with Crippen LogP contribution < -0.4 is 10.5 Å². The highest BCUT2D eigenvalue weighted by molar-refractivity contribution is 5.99. The molecule has 0 aromatic heterocycles. The first kappa shape index (κ1) is 17.8. The molecule has 1 heterocycles. The maximum absolute atomic E-state index is 13.7. The van der Waals surface area contributed by atoms with E-state index in [0.29, 0.717) is 24.3 Å². The van der Waals surface area contributed by atoms with Crippen molar-refractivity contribution in [2.75, 3.05) is 6.54 Å². The molecule has 5 nitrogen and oxygen atoms in total. The van der Waals surface area contributed by atoms with E-state index in [0.717, 1.165) is 11.6 Å². The molecule has 0 saturated heterocycles. The molecule has 0 radical (unpaired) electrons. The van der Waals surface area contributed by atoms with Crippen molar-refractivity contribution in [3.05, 3.63) is 64.7 Å². The summed E-state index contributed by atoms with van der Waals surface area (Å²) in [7, 11) is 0. The van der Waals surface area contributed by atoms with Gasteiger partial charge < -0.3 is 15.4 Å². The standard InChI is InChI=1S/C19H18F2N2O3/c1-11(18(22)24)23-8-7-12-9-14(5-6-15(12)19(23)25)26-10-13-3-2-4-16(20)17(13)21/h2-6,9,11H,7-8,10H2,1H3,(H2,22,24)/t11-/m1/s1. The van der Waals surface area contributed by atoms with E-state index in [-0.39, 0.29) is 18.1 Å². The number of hydrogen-bond acceptors (Lipinski definition) is 3. The number of ether oxygens (including phenoxy) is 1. The lowest BCUT2D eigenvalue weighted by Gasteiger charge is -2.32. The number of primary amides is 1. The van der Waals surface area contributed by atoms with E-state index in [1.165, 1.54) is 17.0 Å². The Kier molecular flexibility index (Phi) is 4.88. The van der Waals surface area contributed by atoms with E-state index in [9.17, 15) is 18.4 Å². The van der Waals surface area contributed by atoms with Gasteiger partial charge in [-0.25, -0.2) is 8.78 Å². The SMILES string of the molecule is C[C@H](C(N)=O)N1CCc2cc(OCc3cccc(F)c3F)ccc2C1=O. The number of amides is 2. The van der Waals surface area contributed by atoms with Gasteiger partial charge in [-0.2, -0.15) is 0 Å². The molecule has 0 fully saturated rings. The summed E-state index contributed by atoms with van der Waals surface area (Å²) in [5, 5.41) is 0. The number of benzene rings is 2. The molecule has 0 aliphatic carbocycles. The summed E-state index contributed by atoms with van der Waals surface area (Å²) in [5.74, 6) is -2.22. The molecule has 136 valence electrons. The second-order valence-corrected chi connectivity index (χ2v) is 6.15. The maximum Gasteiger partial charge on any atom is 0.254 e. The fraction of sp³-hybridized carbons (Fsp3) is 0.263. The van der Waals surface area contributed by atoms with Crippen molar-refractivity contribution in [1.29, 1.82) is 0 Å². The fourth-order valence-corrected chi connectivity index (χ4v) is 2.92. The van der Waals surface area contributed by atoms with Crippen molar-refractivity contribution in [3.63, 3.8) is 0 Å². The first-order valence-electron chi connectivity index (χ1n) is 8.17. The van der Waals surface area contributed by atoms with Crippen molar-refractivity contribution in [2.24, 2.45) is 5.73 Å². The van der Waals surface area contributed by atoms with Crippen LogP contribution in [0.4, 0.5) is 8.78 Å². The summed E-state index contributed by atoms with van der Waals surface area (Å²) in [4.78, 5) is 25.3. The largest absolute Gasteiger partial charge is 0.489 e. The first-order valence-corrected chi connectivity index (χ1v) is 8.17. The number of halogens is 2. The number of fused-ring (bicyclic) bond motifs is 1. The Balaban J connectivity index is 1.75. The molecule has 7 heteroatoms. The topological polar surface area (TPSA) is 72.6 Å². The van der Waals surface area contributed by atoms with E-state index >= 15 is 0 Å². The Morgan fingerprint density at radius 1 is 1.31 bits per heavy atom. The van der Waals surface area contributed by atoms with Crippen molar-refractivity contribution in [2.45, 2.75) is 26.0 Å². The lowest BCUT2D eigenvalue weighted by Crippen LogP contribution is -2.49. The average molecular weight is 360 g/mol. The van der Waals surface area contributed by atoms with Crippen LogP contribution in [0.25, 0.3) is 0 Å². The Bertz CT molecular complexity index is 870. The second kappa shape index (κ2) is 7.11. The predicted octanol–water partition coefficient (Wildman–Crippen LogP) is 2.42. The molecular formula is C19H18F2N2O3. The van der Waals surface area contributed by atoms with Crippen LogP contribution in [0.2, 0.25) is 0 Å². The predicted molar refractivity (Wildman–Crippen MR) is 90.5 cm³/mol. The van der Waals surface area contributed by atoms with Crippen LogP contribution in [0.1, 0.15) is 28.4 Å². The maximum atomic E-state index is 13.7. The molecule has 3 rings (SSSR count). The minimum absolute atomic E-state index is 0.111. The lowest BCUT2D eigenvalue weighted by molar-refractivity contribution is -0.122. The molecule has 2 N–H and O–H groups in total. The third kappa shape index (κ3) is 3.37. The molecule has 2 amide bonds. The van der Waals surface area contributed by atoms with Crippen LogP contribution in [0.3, 0.4) is 0 Å². The minimum Gasteiger partial charge on any atom is -0.489 e. The van der Waals surface area contributed by atoms with Gasteiger partial charge in [-0.15, -0.1) is 0 Å². The van der Waals surface area contributed by atoms with Gasteiger partial charge in [0.05, 0.1) is 0 Å². The average Bonchev–Trinajstić information content (AvgIpc) is 2.62. The van der Waals surface area contributed by atoms with Crippen molar-refractivity contribution in [1.82, 2.24) is 4.90 Å². The number of hydrogen-bond donors (Lipinski definition) is 1. The van der Waals surface area contributed by atoms with Crippen LogP contribution in [-0.2, 0) is 17.8 Å². The van der Waals surface area contributed by atoms with Crippen LogP contribution >= 0.6 is 0 Å². The smallest absolute Gasteiger partial charge is 0.254 e. The van der Waals surface area contributed by atoms with E-state index in [4.69, 9.17) is 10.5 Å². The Morgan fingerprint density at radius 3 is 2.81 bits per heavy atom. The summed E-state index contributed by atoms with van der Waals surface area (Å²) in [5.41, 5.74) is 6.65. The van der Waals surface area contributed by atoms with Gasteiger partial charge in [0.2, 0.25) is 5.91 Å². The summed E-state index contributed by atoms with van der Waals surface area (Å²) in [6.07, 6.45) is 0.546. The summed E-state index contributed by atoms with van der Waals surface area (Å²) < 4.78 is 32.4. The lowest BCUT2D eigenvalue weighted by atomic mass is 9.97. The number of rotatable bonds is 5. The van der Waals surface area contributed by atoms with Gasteiger partial charge in [0.15, 0.2) is 11.6 Å². The van der Waals surface area contributed by atoms with Gasteiger partial charge in [-0.3, -0.25) is 9.59 Å². The van der Waals surface area contributed by atoms with E-state index < -0.39 is 23.6 Å². The van der Waals surface area contributed by atoms with E-state index in [1.807, 2.05) is 0 Å². The molecule has 1 aliphatic heterocycles. The molecule has 1 aliphatic rings. The zero-order chi connectivity index (χ0) is 18.8. The van der Waals surface area contributed by atoms with Gasteiger partial charge in [-0.05, 0) is 43.2 Å². The zero-order valence-corrected chi connectivity index (χ0v) is 14.2. The molecule has 0 saturated carbocycles. The summed E-state index contributed by atoms with van der Waals surface area (Å²) in [6.45, 7) is 1.84. The Hall–Kier alpha value is -2.96. The summed E-state index contributed by atoms with van der Waals surface area (Å²) >= 11 is 0. The number of nitrogens with two attached hydrogens (primary N) is 1. The minimum atomic E-state index is -0.934. The zero-order valence-electron chi connectivity index (χ0n) is 14.2. The first-order chi connectivity index (χ1) is 12.4. The van der Waals surface area contributed by atoms with Gasteiger partial charge in [0.25, 0.3) is 5.91 Å². The van der Waals surface area contributed by atoms with Gasteiger partial charge in [0.1, 0.15) is 18.4 Å². The highest BCUT2D eigenvalue weighted by atomic mass is 19.2. The van der Waals surface area contributed by atoms with Gasteiger partial charge >= 0.3 is 0 Å². The molecular weight excluding hydrogens is 342 g/mol. The molecule has 0 spiro atoms. The van der Waals surface area contributed by atoms with Crippen LogP contribution in [0, 0.1) is 11.6 Å². The number of nitrogens with zero attached hydrogens (tertiary/aromatic N) is 1. The van der Waals surface area contributed by atoms with E-state index in [1.54, 1.807) is 25.1 Å². The molecule has 0 bridgehead atoms. The highest BCUT2D eigenvalue weighted by Gasteiger charge is 2.30. The van der Waals surface area contributed by atoms with Gasteiger partial charge in [0, 0.05) is 17.7 Å². The molecule has 2 aromatic carbocycles. The third-order valence-corrected chi connectivity index (χ3v) is 4.50. The fourth-order valence-electron chi connectivity index (χ4n) is 2.92. The van der Waals surface area contributed by atoms with Crippen molar-refractivity contribution < 1.29 is 23.1 Å².